The zero-order valence-corrected chi connectivity index (χ0v) is 27.7. The molecule has 0 aromatic heterocycles. The number of esters is 1. The first-order valence-electron chi connectivity index (χ1n) is 15.1. The highest BCUT2D eigenvalue weighted by atomic mass is 16.5. The van der Waals surface area contributed by atoms with Crippen LogP contribution in [0.4, 0.5) is 4.79 Å². The summed E-state index contributed by atoms with van der Waals surface area (Å²) in [6, 6.07) is -4.77. The van der Waals surface area contributed by atoms with E-state index in [-0.39, 0.29) is 36.8 Å². The van der Waals surface area contributed by atoms with Crippen LogP contribution in [0.5, 0.6) is 0 Å². The number of urea groups is 1. The van der Waals surface area contributed by atoms with Crippen molar-refractivity contribution in [2.75, 3.05) is 19.7 Å². The molecule has 6 atom stereocenters. The Balaban J connectivity index is 2.30. The molecule has 12 nitrogen and oxygen atoms in total. The molecule has 12 heteroatoms. The van der Waals surface area contributed by atoms with E-state index in [0.717, 1.165) is 0 Å². The molecule has 0 aromatic carbocycles. The summed E-state index contributed by atoms with van der Waals surface area (Å²) >= 11 is 0. The van der Waals surface area contributed by atoms with Crippen LogP contribution in [0.15, 0.2) is 25.3 Å². The summed E-state index contributed by atoms with van der Waals surface area (Å²) in [5.74, 6) is -3.34. The number of nitrogens with one attached hydrogen (secondary N) is 4. The molecule has 1 saturated carbocycles. The highest BCUT2D eigenvalue weighted by molar-refractivity contribution is 6.38. The fraction of sp³-hybridized carbons (Fsp3) is 0.688. The van der Waals surface area contributed by atoms with Crippen LogP contribution in [0.2, 0.25) is 0 Å². The number of carbonyl (C=O) groups is 6. The van der Waals surface area contributed by atoms with Crippen LogP contribution < -0.4 is 21.3 Å². The number of carbonyl (C=O) groups excluding carboxylic acids is 6. The summed E-state index contributed by atoms with van der Waals surface area (Å²) in [6.45, 7) is 23.9. The van der Waals surface area contributed by atoms with Gasteiger partial charge in [-0.15, -0.1) is 6.58 Å². The van der Waals surface area contributed by atoms with E-state index in [2.05, 4.69) is 34.4 Å². The van der Waals surface area contributed by atoms with Crippen molar-refractivity contribution >= 4 is 35.5 Å². The van der Waals surface area contributed by atoms with Gasteiger partial charge in [0.05, 0.1) is 6.04 Å². The van der Waals surface area contributed by atoms with Crippen molar-refractivity contribution in [1.82, 2.24) is 26.2 Å². The number of Topliss-reactive ketones (excluding diaryl/α,β-unsaturated/α-hetero) is 1. The van der Waals surface area contributed by atoms with Gasteiger partial charge in [-0.3, -0.25) is 19.2 Å². The summed E-state index contributed by atoms with van der Waals surface area (Å²) in [5.41, 5.74) is -1.68. The van der Waals surface area contributed by atoms with Crippen LogP contribution in [0, 0.1) is 28.1 Å². The van der Waals surface area contributed by atoms with Crippen molar-refractivity contribution in [2.45, 2.75) is 92.9 Å². The molecule has 44 heavy (non-hydrogen) atoms. The van der Waals surface area contributed by atoms with Gasteiger partial charge in [0.2, 0.25) is 17.6 Å². The lowest BCUT2D eigenvalue weighted by molar-refractivity contribution is -0.147. The molecule has 0 radical (unpaired) electrons. The molecule has 2 aliphatic rings. The lowest BCUT2D eigenvalue weighted by atomic mass is 9.85. The molecule has 2 fully saturated rings. The van der Waals surface area contributed by atoms with E-state index in [4.69, 9.17) is 4.74 Å². The van der Waals surface area contributed by atoms with Gasteiger partial charge in [-0.05, 0) is 34.5 Å². The number of ether oxygens (including phenoxy) is 1. The second kappa shape index (κ2) is 13.9. The van der Waals surface area contributed by atoms with E-state index in [1.165, 1.54) is 17.1 Å². The maximum atomic E-state index is 14.2. The molecule has 0 spiro atoms. The van der Waals surface area contributed by atoms with Crippen LogP contribution in [-0.4, -0.2) is 84.3 Å². The number of rotatable bonds is 13. The number of nitrogens with zero attached hydrogens (tertiary/aromatic N) is 1. The van der Waals surface area contributed by atoms with Crippen molar-refractivity contribution in [2.24, 2.45) is 28.1 Å². The van der Waals surface area contributed by atoms with Gasteiger partial charge in [0.25, 0.3) is 5.91 Å². The maximum absolute atomic E-state index is 14.2. The lowest BCUT2D eigenvalue weighted by Gasteiger charge is -2.38. The fourth-order valence-corrected chi connectivity index (χ4v) is 5.81. The Morgan fingerprint density at radius 1 is 0.932 bits per heavy atom. The van der Waals surface area contributed by atoms with Crippen molar-refractivity contribution in [3.63, 3.8) is 0 Å². The summed E-state index contributed by atoms with van der Waals surface area (Å²) in [6.07, 6.45) is 3.05. The van der Waals surface area contributed by atoms with Crippen LogP contribution >= 0.6 is 0 Å². The number of fused-ring (bicyclic) bond motifs is 1. The monoisotopic (exact) mass is 617 g/mol. The summed E-state index contributed by atoms with van der Waals surface area (Å²) in [5, 5.41) is 10.5. The summed E-state index contributed by atoms with van der Waals surface area (Å²) in [7, 11) is 0. The molecule has 1 heterocycles. The number of hydrogen-bond acceptors (Lipinski definition) is 7. The van der Waals surface area contributed by atoms with E-state index < -0.39 is 70.5 Å². The first-order valence-corrected chi connectivity index (χ1v) is 15.1. The smallest absolute Gasteiger partial charge is 0.329 e. The van der Waals surface area contributed by atoms with Crippen molar-refractivity contribution in [1.29, 1.82) is 0 Å². The van der Waals surface area contributed by atoms with Gasteiger partial charge in [0, 0.05) is 13.1 Å². The Morgan fingerprint density at radius 2 is 1.50 bits per heavy atom. The first-order chi connectivity index (χ1) is 20.2. The Morgan fingerprint density at radius 3 is 2.00 bits per heavy atom. The van der Waals surface area contributed by atoms with Gasteiger partial charge in [-0.2, -0.15) is 0 Å². The van der Waals surface area contributed by atoms with Crippen LogP contribution in [0.1, 0.15) is 68.7 Å². The van der Waals surface area contributed by atoms with Crippen molar-refractivity contribution in [3.05, 3.63) is 25.3 Å². The summed E-state index contributed by atoms with van der Waals surface area (Å²) < 4.78 is 5.18. The molecule has 0 bridgehead atoms. The molecule has 1 unspecified atom stereocenters. The van der Waals surface area contributed by atoms with Gasteiger partial charge in [-0.1, -0.05) is 81.0 Å². The first kappa shape index (κ1) is 36.5. The van der Waals surface area contributed by atoms with Gasteiger partial charge in [0.15, 0.2) is 0 Å². The molecule has 0 aromatic rings. The molecule has 5 amide bonds. The molecular weight excluding hydrogens is 566 g/mol. The Kier molecular flexibility index (Phi) is 11.6. The van der Waals surface area contributed by atoms with Crippen LogP contribution in [0.25, 0.3) is 0 Å². The molecule has 2 rings (SSSR count). The van der Waals surface area contributed by atoms with Crippen LogP contribution in [-0.2, 0) is 28.7 Å². The second-order valence-electron chi connectivity index (χ2n) is 14.4. The van der Waals surface area contributed by atoms with Gasteiger partial charge >= 0.3 is 12.0 Å². The van der Waals surface area contributed by atoms with E-state index in [1.807, 2.05) is 13.8 Å². The second-order valence-corrected chi connectivity index (χ2v) is 14.4. The summed E-state index contributed by atoms with van der Waals surface area (Å²) in [4.78, 5) is 80.4. The van der Waals surface area contributed by atoms with E-state index in [9.17, 15) is 28.8 Å². The number of amides is 5. The van der Waals surface area contributed by atoms with Crippen molar-refractivity contribution in [3.8, 4) is 0 Å². The van der Waals surface area contributed by atoms with Gasteiger partial charge < -0.3 is 30.9 Å². The fourth-order valence-electron chi connectivity index (χ4n) is 5.81. The molecule has 1 saturated heterocycles. The highest BCUT2D eigenvalue weighted by Gasteiger charge is 2.70. The maximum Gasteiger partial charge on any atom is 0.329 e. The van der Waals surface area contributed by atoms with E-state index in [0.29, 0.717) is 6.54 Å². The minimum Gasteiger partial charge on any atom is -0.460 e. The molecule has 246 valence electrons. The predicted octanol–water partition coefficient (Wildman–Crippen LogP) is 2.09. The quantitative estimate of drug-likeness (QED) is 0.140. The molecule has 4 N–H and O–H groups in total. The standard InChI is InChI=1S/C32H51N5O7/c1-12-15-33-26(40)22(38)19(14-3)34-25(39)21-20-18(32(20,10)11)17-37(21)27(41)23(30(4,5)6)35-29(43)36-24(31(7,8)9)28(42)44-16-13-2/h12-13,18-21,23-24H,1-2,14-17H2,3-11H3,(H,33,40)(H,34,39)(H2,35,36,43)/t18-,19?,20-,21-,23+,24+/m0/s1. The molecular formula is C32H51N5O7. The third-order valence-corrected chi connectivity index (χ3v) is 8.54. The average Bonchev–Trinajstić information content (AvgIpc) is 3.24. The Bertz CT molecular complexity index is 1170. The lowest BCUT2D eigenvalue weighted by Crippen LogP contribution is -2.62. The zero-order valence-electron chi connectivity index (χ0n) is 27.7. The van der Waals surface area contributed by atoms with Crippen molar-refractivity contribution < 1.29 is 33.5 Å². The Hall–Kier alpha value is -3.70. The largest absolute Gasteiger partial charge is 0.460 e. The van der Waals surface area contributed by atoms with E-state index in [1.54, 1.807) is 48.5 Å². The number of piperidine rings is 1. The number of likely N-dealkylation sites (tertiary alicyclic amines) is 1. The zero-order chi connectivity index (χ0) is 33.8. The van der Waals surface area contributed by atoms with Crippen LogP contribution in [0.3, 0.4) is 0 Å². The number of hydrogen-bond donors (Lipinski definition) is 4. The van der Waals surface area contributed by atoms with Gasteiger partial charge in [0.1, 0.15) is 24.7 Å². The molecule has 1 aliphatic heterocycles. The SMILES string of the molecule is C=CCNC(=O)C(=O)C(CC)NC(=O)[C@@H]1[C@@H]2[C@H](CN1C(=O)[C@@H](NC(=O)N[C@H](C(=O)OCC=C)C(C)(C)C)C(C)(C)C)C2(C)C. The normalized spacial score (nSPS) is 22.3. The topological polar surface area (TPSA) is 163 Å². The molecule has 1 aliphatic carbocycles. The predicted molar refractivity (Wildman–Crippen MR) is 166 cm³/mol. The Labute approximate surface area is 261 Å². The average molecular weight is 618 g/mol. The van der Waals surface area contributed by atoms with E-state index >= 15 is 0 Å². The third kappa shape index (κ3) is 8.26. The third-order valence-electron chi connectivity index (χ3n) is 8.54. The minimum atomic E-state index is -1.07. The van der Waals surface area contributed by atoms with Gasteiger partial charge in [-0.25, -0.2) is 9.59 Å². The highest BCUT2D eigenvalue weighted by Crippen LogP contribution is 2.65. The number of ketones is 1. The minimum absolute atomic E-state index is 0.0150.